The van der Waals surface area contributed by atoms with Crippen molar-refractivity contribution in [2.45, 2.75) is 39.2 Å². The van der Waals surface area contributed by atoms with E-state index in [1.54, 1.807) is 0 Å². The van der Waals surface area contributed by atoms with E-state index in [2.05, 4.69) is 51.2 Å². The molecule has 0 fully saturated rings. The zero-order chi connectivity index (χ0) is 11.1. The van der Waals surface area contributed by atoms with Crippen LogP contribution in [-0.4, -0.2) is 12.6 Å². The normalized spacial score (nSPS) is 20.1. The highest BCUT2D eigenvalue weighted by molar-refractivity contribution is 5.63. The second-order valence-corrected chi connectivity index (χ2v) is 5.24. The molecule has 0 saturated heterocycles. The first-order chi connectivity index (χ1) is 6.98. The molecule has 0 amide bonds. The Hall–Kier alpha value is -1.18. The number of anilines is 1. The molecular weight excluding hydrogens is 186 g/mol. The van der Waals surface area contributed by atoms with Crippen molar-refractivity contribution in [1.82, 2.24) is 0 Å². The Morgan fingerprint density at radius 1 is 1.33 bits per heavy atom. The third-order valence-corrected chi connectivity index (χ3v) is 2.72. The van der Waals surface area contributed by atoms with E-state index in [4.69, 9.17) is 4.74 Å². The van der Waals surface area contributed by atoms with Gasteiger partial charge in [-0.25, -0.2) is 0 Å². The van der Waals surface area contributed by atoms with Gasteiger partial charge in [0, 0.05) is 5.56 Å². The molecule has 15 heavy (non-hydrogen) atoms. The van der Waals surface area contributed by atoms with Crippen LogP contribution in [0.2, 0.25) is 0 Å². The average molecular weight is 205 g/mol. The van der Waals surface area contributed by atoms with Crippen molar-refractivity contribution in [3.05, 3.63) is 23.8 Å². The van der Waals surface area contributed by atoms with Crippen molar-refractivity contribution in [2.24, 2.45) is 0 Å². The molecule has 1 atom stereocenters. The molecule has 2 rings (SSSR count). The second kappa shape index (κ2) is 3.44. The fourth-order valence-corrected chi connectivity index (χ4v) is 1.89. The molecule has 1 aromatic carbocycles. The van der Waals surface area contributed by atoms with Gasteiger partial charge in [0.25, 0.3) is 0 Å². The summed E-state index contributed by atoms with van der Waals surface area (Å²) in [5.74, 6) is 1.03. The SMILES string of the molecule is CC1CNc2cccc(C(C)(C)C)c2O1. The van der Waals surface area contributed by atoms with E-state index < -0.39 is 0 Å². The molecule has 0 bridgehead atoms. The molecule has 0 aliphatic carbocycles. The molecule has 82 valence electrons. The maximum absolute atomic E-state index is 5.93. The Bertz CT molecular complexity index is 365. The van der Waals surface area contributed by atoms with Crippen LogP contribution in [0.3, 0.4) is 0 Å². The van der Waals surface area contributed by atoms with Crippen LogP contribution in [0.4, 0.5) is 5.69 Å². The number of benzene rings is 1. The Morgan fingerprint density at radius 2 is 2.07 bits per heavy atom. The number of nitrogens with one attached hydrogen (secondary N) is 1. The van der Waals surface area contributed by atoms with Crippen molar-refractivity contribution in [2.75, 3.05) is 11.9 Å². The first kappa shape index (κ1) is 10.3. The van der Waals surface area contributed by atoms with E-state index in [0.717, 1.165) is 18.0 Å². The van der Waals surface area contributed by atoms with Crippen LogP contribution < -0.4 is 10.1 Å². The van der Waals surface area contributed by atoms with Crippen molar-refractivity contribution in [3.8, 4) is 5.75 Å². The van der Waals surface area contributed by atoms with E-state index in [1.807, 2.05) is 0 Å². The summed E-state index contributed by atoms with van der Waals surface area (Å²) in [4.78, 5) is 0. The molecule has 1 unspecified atom stereocenters. The largest absolute Gasteiger partial charge is 0.486 e. The molecule has 2 nitrogen and oxygen atoms in total. The minimum atomic E-state index is 0.129. The lowest BCUT2D eigenvalue weighted by Gasteiger charge is -2.30. The molecule has 0 aromatic heterocycles. The minimum absolute atomic E-state index is 0.129. The smallest absolute Gasteiger partial charge is 0.146 e. The van der Waals surface area contributed by atoms with Crippen LogP contribution in [-0.2, 0) is 5.41 Å². The Balaban J connectivity index is 2.49. The second-order valence-electron chi connectivity index (χ2n) is 5.24. The highest BCUT2D eigenvalue weighted by Gasteiger charge is 2.24. The molecular formula is C13H19NO. The van der Waals surface area contributed by atoms with Crippen LogP contribution in [0, 0.1) is 0 Å². The van der Waals surface area contributed by atoms with Gasteiger partial charge in [-0.2, -0.15) is 0 Å². The van der Waals surface area contributed by atoms with Crippen molar-refractivity contribution >= 4 is 5.69 Å². The molecule has 1 N–H and O–H groups in total. The van der Waals surface area contributed by atoms with E-state index in [-0.39, 0.29) is 11.5 Å². The van der Waals surface area contributed by atoms with E-state index in [9.17, 15) is 0 Å². The Morgan fingerprint density at radius 3 is 2.73 bits per heavy atom. The lowest BCUT2D eigenvalue weighted by Crippen LogP contribution is -2.29. The maximum atomic E-state index is 5.93. The van der Waals surface area contributed by atoms with Crippen LogP contribution >= 0.6 is 0 Å². The fourth-order valence-electron chi connectivity index (χ4n) is 1.89. The minimum Gasteiger partial charge on any atom is -0.486 e. The summed E-state index contributed by atoms with van der Waals surface area (Å²) in [5.41, 5.74) is 2.53. The van der Waals surface area contributed by atoms with E-state index >= 15 is 0 Å². The number of hydrogen-bond acceptors (Lipinski definition) is 2. The molecule has 0 saturated carbocycles. The van der Waals surface area contributed by atoms with E-state index in [0.29, 0.717) is 0 Å². The predicted molar refractivity (Wildman–Crippen MR) is 63.7 cm³/mol. The number of para-hydroxylation sites is 1. The van der Waals surface area contributed by atoms with Crippen LogP contribution in [0.25, 0.3) is 0 Å². The predicted octanol–water partition coefficient (Wildman–Crippen LogP) is 3.18. The first-order valence-corrected chi connectivity index (χ1v) is 5.52. The lowest BCUT2D eigenvalue weighted by molar-refractivity contribution is 0.220. The Labute approximate surface area is 91.6 Å². The monoisotopic (exact) mass is 205 g/mol. The Kier molecular flexibility index (Phi) is 2.37. The molecule has 1 aliphatic heterocycles. The highest BCUT2D eigenvalue weighted by atomic mass is 16.5. The number of ether oxygens (including phenoxy) is 1. The summed E-state index contributed by atoms with van der Waals surface area (Å²) in [7, 11) is 0. The third-order valence-electron chi connectivity index (χ3n) is 2.72. The van der Waals surface area contributed by atoms with Gasteiger partial charge in [-0.1, -0.05) is 32.9 Å². The van der Waals surface area contributed by atoms with Crippen LogP contribution in [0.1, 0.15) is 33.3 Å². The van der Waals surface area contributed by atoms with Gasteiger partial charge in [-0.3, -0.25) is 0 Å². The number of hydrogen-bond donors (Lipinski definition) is 1. The summed E-state index contributed by atoms with van der Waals surface area (Å²) < 4.78 is 5.93. The number of fused-ring (bicyclic) bond motifs is 1. The lowest BCUT2D eigenvalue weighted by atomic mass is 9.85. The van der Waals surface area contributed by atoms with Gasteiger partial charge in [0.2, 0.25) is 0 Å². The average Bonchev–Trinajstić information content (AvgIpc) is 2.15. The fraction of sp³-hybridized carbons (Fsp3) is 0.538. The molecule has 0 radical (unpaired) electrons. The van der Waals surface area contributed by atoms with Gasteiger partial charge >= 0.3 is 0 Å². The molecule has 1 aromatic rings. The third kappa shape index (κ3) is 1.94. The highest BCUT2D eigenvalue weighted by Crippen LogP contribution is 2.39. The van der Waals surface area contributed by atoms with Crippen molar-refractivity contribution in [1.29, 1.82) is 0 Å². The molecule has 1 heterocycles. The zero-order valence-corrected chi connectivity index (χ0v) is 9.92. The van der Waals surface area contributed by atoms with Gasteiger partial charge in [-0.05, 0) is 18.4 Å². The standard InChI is InChI=1S/C13H19NO/c1-9-8-14-11-7-5-6-10(12(11)15-9)13(2,3)4/h5-7,9,14H,8H2,1-4H3. The summed E-state index contributed by atoms with van der Waals surface area (Å²) in [5, 5.41) is 3.40. The van der Waals surface area contributed by atoms with Gasteiger partial charge in [-0.15, -0.1) is 0 Å². The zero-order valence-electron chi connectivity index (χ0n) is 9.92. The van der Waals surface area contributed by atoms with Gasteiger partial charge in [0.15, 0.2) is 0 Å². The van der Waals surface area contributed by atoms with Crippen LogP contribution in [0.5, 0.6) is 5.75 Å². The van der Waals surface area contributed by atoms with Crippen LogP contribution in [0.15, 0.2) is 18.2 Å². The molecule has 0 spiro atoms. The van der Waals surface area contributed by atoms with Crippen molar-refractivity contribution < 1.29 is 4.74 Å². The van der Waals surface area contributed by atoms with Gasteiger partial charge in [0.1, 0.15) is 11.9 Å². The summed E-state index contributed by atoms with van der Waals surface area (Å²) >= 11 is 0. The maximum Gasteiger partial charge on any atom is 0.146 e. The van der Waals surface area contributed by atoms with Gasteiger partial charge < -0.3 is 10.1 Å². The quantitative estimate of drug-likeness (QED) is 0.702. The first-order valence-electron chi connectivity index (χ1n) is 5.52. The van der Waals surface area contributed by atoms with Gasteiger partial charge in [0.05, 0.1) is 12.2 Å². The number of rotatable bonds is 0. The van der Waals surface area contributed by atoms with Crippen molar-refractivity contribution in [3.63, 3.8) is 0 Å². The summed E-state index contributed by atoms with van der Waals surface area (Å²) in [6, 6.07) is 6.32. The van der Waals surface area contributed by atoms with E-state index in [1.165, 1.54) is 5.56 Å². The molecule has 1 aliphatic rings. The summed E-state index contributed by atoms with van der Waals surface area (Å²) in [6.07, 6.45) is 0.251. The molecule has 2 heteroatoms. The topological polar surface area (TPSA) is 21.3 Å². The summed E-state index contributed by atoms with van der Waals surface area (Å²) in [6.45, 7) is 9.62.